The molecule has 8 heteroatoms. The molecular formula is C135H89N7O. The normalized spacial score (nSPS) is 12.5. The number of rotatable bonds is 10. The lowest BCUT2D eigenvalue weighted by atomic mass is 9.81. The molecule has 0 saturated carbocycles. The molecule has 0 radical (unpaired) electrons. The topological polar surface area (TPSA) is 47.6 Å². The third kappa shape index (κ3) is 12.3. The van der Waals surface area contributed by atoms with E-state index in [9.17, 15) is 0 Å². The van der Waals surface area contributed by atoms with Crippen LogP contribution in [0.3, 0.4) is 0 Å². The van der Waals surface area contributed by atoms with Crippen LogP contribution in [0.15, 0.2) is 508 Å². The van der Waals surface area contributed by atoms with Crippen molar-refractivity contribution in [3.63, 3.8) is 0 Å². The third-order valence-electron chi connectivity index (χ3n) is 30.4. The molecule has 30 aromatic rings. The molecule has 8 heterocycles. The summed E-state index contributed by atoms with van der Waals surface area (Å²) >= 11 is 0. The molecule has 0 spiro atoms. The highest BCUT2D eigenvalue weighted by Gasteiger charge is 2.37. The van der Waals surface area contributed by atoms with Gasteiger partial charge in [0.25, 0.3) is 0 Å². The monoisotopic (exact) mass is 1820 g/mol. The second-order valence-corrected chi connectivity index (χ2v) is 38.4. The fraction of sp³-hybridized carbons (Fsp3) is 0.0222. The molecule has 0 fully saturated rings. The Kier molecular flexibility index (Phi) is 18.3. The Bertz CT molecular complexity index is 10400. The van der Waals surface area contributed by atoms with Gasteiger partial charge in [-0.25, -0.2) is 0 Å². The SMILES string of the molecule is CC1(C)c2ccccc2-c2ccc(-c3cccc4c3c3c5c6ccccc6n(-c6ccccc6)c5ccc3n4-c3ccccc3)cc21.c1ccc(-n2c3ccccc3c3c4c5c(-c6ccc7c(c6)oc6ccccc67)cccc5n(-c5ccccc5)c4ccc32)cc1.c1ccc(-n2c3ccccc3c3cc(-c4cccc5c4c4c6c7ccccc7n(-c7ccccc7)c6ccc4n5-c4ccccc4)ccc32)cc1. The lowest BCUT2D eigenvalue weighted by molar-refractivity contribution is 0.660. The van der Waals surface area contributed by atoms with Gasteiger partial charge in [0.05, 0.1) is 77.2 Å². The van der Waals surface area contributed by atoms with Crippen LogP contribution in [0.2, 0.25) is 0 Å². The highest BCUT2D eigenvalue weighted by Crippen LogP contribution is 2.55. The number of furan rings is 1. The highest BCUT2D eigenvalue weighted by atomic mass is 16.3. The summed E-state index contributed by atoms with van der Waals surface area (Å²) in [6, 6.07) is 183. The molecule has 31 rings (SSSR count). The number of hydrogen-bond acceptors (Lipinski definition) is 1. The first-order chi connectivity index (χ1) is 70.8. The first-order valence-corrected chi connectivity index (χ1v) is 49.4. The van der Waals surface area contributed by atoms with Gasteiger partial charge in [0.15, 0.2) is 0 Å². The summed E-state index contributed by atoms with van der Waals surface area (Å²) in [5.41, 5.74) is 39.6. The maximum absolute atomic E-state index is 6.36. The fourth-order valence-electron chi connectivity index (χ4n) is 24.4. The molecule has 1 aliphatic rings. The number of benzene rings is 22. The van der Waals surface area contributed by atoms with E-state index in [0.717, 1.165) is 50.3 Å². The van der Waals surface area contributed by atoms with Gasteiger partial charge in [0.1, 0.15) is 11.2 Å². The first-order valence-electron chi connectivity index (χ1n) is 49.4. The van der Waals surface area contributed by atoms with E-state index in [1.807, 2.05) is 12.1 Å². The van der Waals surface area contributed by atoms with E-state index in [1.165, 1.54) is 220 Å². The first kappa shape index (κ1) is 81.4. The lowest BCUT2D eigenvalue weighted by Gasteiger charge is -2.22. The zero-order chi connectivity index (χ0) is 94.2. The van der Waals surface area contributed by atoms with Crippen molar-refractivity contribution in [3.8, 4) is 84.3 Å². The standard InChI is InChI=1S/C48H31N3.C45H32N2.C42H26N2O/c1-4-15-33(16-5-1)49-40-24-12-10-21-37(40)39-31-32(27-28-42(39)49)36-23-14-26-43-46(36)48-45(51(43)35-19-8-3-9-20-35)30-29-44-47(48)38-22-11-13-25-41(38)50(44)34-17-6-2-7-18-34;1-45(2)36-21-11-9-18-33(36)34-25-24-29(28-37(34)45)32-20-13-23-39-42(32)44-41(47(39)31-16-7-4-8-17-31)27-26-40-43(44)35-19-10-12-22-38(35)46(40)30-14-5-3-6-15-30;1-3-12-28(13-4-1)43-34-19-9-7-17-33(34)41-36(43)24-25-37-42(41)40-30(18-11-20-35(40)44(37)29-14-5-2-6-15-29)27-22-23-32-31-16-8-10-21-38(31)45-39(32)26-27/h1-31H;3-28H,1-2H3;1-26H. The molecule has 8 nitrogen and oxygen atoms in total. The molecule has 0 atom stereocenters. The fourth-order valence-corrected chi connectivity index (χ4v) is 24.4. The minimum atomic E-state index is -0.0652. The molecule has 0 amide bonds. The van der Waals surface area contributed by atoms with Crippen molar-refractivity contribution in [1.29, 1.82) is 0 Å². The summed E-state index contributed by atoms with van der Waals surface area (Å²) in [6.45, 7) is 4.73. The smallest absolute Gasteiger partial charge is 0.136 e. The van der Waals surface area contributed by atoms with E-state index >= 15 is 0 Å². The van der Waals surface area contributed by atoms with E-state index in [-0.39, 0.29) is 5.41 Å². The summed E-state index contributed by atoms with van der Waals surface area (Å²) in [4.78, 5) is 0. The molecule has 8 aromatic heterocycles. The van der Waals surface area contributed by atoms with Gasteiger partial charge in [-0.2, -0.15) is 0 Å². The minimum absolute atomic E-state index is 0.0652. The number of fused-ring (bicyclic) bond motifs is 30. The predicted octanol–water partition coefficient (Wildman–Crippen LogP) is 35.9. The molecule has 0 aliphatic heterocycles. The van der Waals surface area contributed by atoms with Crippen LogP contribution in [0.4, 0.5) is 0 Å². The van der Waals surface area contributed by atoms with E-state index < -0.39 is 0 Å². The van der Waals surface area contributed by atoms with Crippen molar-refractivity contribution in [2.75, 3.05) is 0 Å². The average molecular weight is 1830 g/mol. The number of para-hydroxylation sites is 12. The van der Waals surface area contributed by atoms with Crippen LogP contribution >= 0.6 is 0 Å². The van der Waals surface area contributed by atoms with Crippen LogP contribution < -0.4 is 0 Å². The Hall–Kier alpha value is -18.8. The molecule has 22 aromatic carbocycles. The van der Waals surface area contributed by atoms with Gasteiger partial charge in [-0.3, -0.25) is 0 Å². The van der Waals surface area contributed by atoms with Gasteiger partial charge in [0, 0.05) is 131 Å². The summed E-state index contributed by atoms with van der Waals surface area (Å²) in [5, 5.41) is 20.0. The van der Waals surface area contributed by atoms with Crippen molar-refractivity contribution < 1.29 is 4.42 Å². The molecule has 670 valence electrons. The summed E-state index contributed by atoms with van der Waals surface area (Å²) < 4.78 is 23.3. The molecular weight excluding hydrogens is 1740 g/mol. The Morgan fingerprint density at radius 1 is 0.147 bits per heavy atom. The van der Waals surface area contributed by atoms with E-state index in [1.54, 1.807) is 0 Å². The van der Waals surface area contributed by atoms with Crippen molar-refractivity contribution >= 4 is 175 Å². The van der Waals surface area contributed by atoms with Crippen molar-refractivity contribution in [3.05, 3.63) is 515 Å². The third-order valence-corrected chi connectivity index (χ3v) is 30.4. The number of aromatic nitrogens is 7. The molecule has 0 unspecified atom stereocenters. The van der Waals surface area contributed by atoms with Crippen LogP contribution in [0, 0.1) is 0 Å². The number of nitrogens with zero attached hydrogens (tertiary/aromatic N) is 7. The zero-order valence-electron chi connectivity index (χ0n) is 78.5. The van der Waals surface area contributed by atoms with E-state index in [2.05, 4.69) is 537 Å². The molecule has 1 aliphatic carbocycles. The zero-order valence-corrected chi connectivity index (χ0v) is 78.5. The number of hydrogen-bond donors (Lipinski definition) is 0. The Morgan fingerprint density at radius 3 is 0.804 bits per heavy atom. The average Bonchev–Trinajstić information content (AvgIpc) is 1.54. The Balaban J connectivity index is 0.000000102. The highest BCUT2D eigenvalue weighted by molar-refractivity contribution is 6.35. The largest absolute Gasteiger partial charge is 0.456 e. The maximum atomic E-state index is 6.36. The van der Waals surface area contributed by atoms with Gasteiger partial charge in [-0.05, 0) is 256 Å². The molecule has 0 saturated heterocycles. The Morgan fingerprint density at radius 2 is 0.399 bits per heavy atom. The van der Waals surface area contributed by atoms with Crippen LogP contribution in [-0.2, 0) is 5.41 Å². The molecule has 0 bridgehead atoms. The van der Waals surface area contributed by atoms with Gasteiger partial charge in [-0.15, -0.1) is 0 Å². The van der Waals surface area contributed by atoms with Crippen LogP contribution in [0.1, 0.15) is 25.0 Å². The van der Waals surface area contributed by atoms with Crippen LogP contribution in [0.25, 0.3) is 259 Å². The second-order valence-electron chi connectivity index (χ2n) is 38.4. The van der Waals surface area contributed by atoms with Gasteiger partial charge in [-0.1, -0.05) is 317 Å². The molecule has 0 N–H and O–H groups in total. The summed E-state index contributed by atoms with van der Waals surface area (Å²) in [6.07, 6.45) is 0. The van der Waals surface area contributed by atoms with Crippen molar-refractivity contribution in [1.82, 2.24) is 32.0 Å². The second kappa shape index (κ2) is 32.2. The summed E-state index contributed by atoms with van der Waals surface area (Å²) in [7, 11) is 0. The minimum Gasteiger partial charge on any atom is -0.456 e. The van der Waals surface area contributed by atoms with Gasteiger partial charge < -0.3 is 36.4 Å². The van der Waals surface area contributed by atoms with Gasteiger partial charge >= 0.3 is 0 Å². The van der Waals surface area contributed by atoms with Crippen LogP contribution in [-0.4, -0.2) is 32.0 Å². The maximum Gasteiger partial charge on any atom is 0.136 e. The lowest BCUT2D eigenvalue weighted by Crippen LogP contribution is -2.14. The predicted molar refractivity (Wildman–Crippen MR) is 601 cm³/mol. The molecule has 143 heavy (non-hydrogen) atoms. The van der Waals surface area contributed by atoms with Gasteiger partial charge in [0.2, 0.25) is 0 Å². The van der Waals surface area contributed by atoms with Crippen molar-refractivity contribution in [2.45, 2.75) is 19.3 Å². The summed E-state index contributed by atoms with van der Waals surface area (Å²) in [5.74, 6) is 0. The quantitative estimate of drug-likeness (QED) is 0.135. The Labute approximate surface area is 823 Å². The van der Waals surface area contributed by atoms with Crippen molar-refractivity contribution in [2.24, 2.45) is 0 Å². The van der Waals surface area contributed by atoms with Crippen LogP contribution in [0.5, 0.6) is 0 Å². The van der Waals surface area contributed by atoms with E-state index in [4.69, 9.17) is 4.42 Å². The van der Waals surface area contributed by atoms with E-state index in [0.29, 0.717) is 0 Å².